The predicted octanol–water partition coefficient (Wildman–Crippen LogP) is 9.03. The summed E-state index contributed by atoms with van der Waals surface area (Å²) in [7, 11) is 0. The Morgan fingerprint density at radius 2 is 0.944 bits per heavy atom. The highest BCUT2D eigenvalue weighted by Gasteiger charge is 2.32. The molecule has 0 bridgehead atoms. The van der Waals surface area contributed by atoms with Gasteiger partial charge < -0.3 is 10.8 Å². The van der Waals surface area contributed by atoms with Crippen molar-refractivity contribution in [2.45, 2.75) is 166 Å². The lowest BCUT2D eigenvalue weighted by Crippen LogP contribution is -2.46. The minimum absolute atomic E-state index is 0.346. The van der Waals surface area contributed by atoms with Gasteiger partial charge in [-0.05, 0) is 19.3 Å². The van der Waals surface area contributed by atoms with Crippen LogP contribution in [0.4, 0.5) is 4.79 Å². The van der Waals surface area contributed by atoms with Gasteiger partial charge in [-0.15, -0.1) is 0 Å². The van der Waals surface area contributed by atoms with Crippen LogP contribution in [0.2, 0.25) is 0 Å². The predicted molar refractivity (Wildman–Crippen MR) is 156 cm³/mol. The first-order chi connectivity index (χ1) is 17.2. The Kier molecular flexibility index (Phi) is 27.7. The number of amides is 3. The fourth-order valence-electron chi connectivity index (χ4n) is 4.15. The molecule has 7 heteroatoms. The highest BCUT2D eigenvalue weighted by Crippen LogP contribution is 2.26. The van der Waals surface area contributed by atoms with E-state index in [1.807, 2.05) is 19.2 Å². The van der Waals surface area contributed by atoms with E-state index in [0.29, 0.717) is 19.3 Å². The average molecular weight is 578 g/mol. The summed E-state index contributed by atoms with van der Waals surface area (Å²) in [5.41, 5.74) is 4.81. The number of rotatable bonds is 23. The average Bonchev–Trinajstić information content (AvgIpc) is 2.84. The normalized spacial score (nSPS) is 11.0. The van der Waals surface area contributed by atoms with Gasteiger partial charge in [0.15, 0.2) is 0 Å². The second kappa shape index (κ2) is 26.9. The Hall–Kier alpha value is -1.11. The molecule has 0 saturated carbocycles. The minimum Gasteiger partial charge on any atom is -0.481 e. The van der Waals surface area contributed by atoms with Gasteiger partial charge >= 0.3 is 12.0 Å². The molecule has 0 rings (SSSR count). The monoisotopic (exact) mass is 576 g/mol. The third kappa shape index (κ3) is 26.0. The number of halogens is 1. The molecule has 3 amide bonds. The number of hydrogen-bond acceptors (Lipinski definition) is 3. The number of carbonyl (C=O) groups is 3. The van der Waals surface area contributed by atoms with Crippen molar-refractivity contribution in [3.05, 3.63) is 0 Å². The number of nitrogens with one attached hydrogen (secondary N) is 1. The Balaban J connectivity index is 0. The summed E-state index contributed by atoms with van der Waals surface area (Å²) in [5, 5.41) is 10.6. The van der Waals surface area contributed by atoms with E-state index in [-0.39, 0.29) is 5.91 Å². The molecule has 0 aliphatic rings. The topological polar surface area (TPSA) is 109 Å². The second-order valence-corrected chi connectivity index (χ2v) is 11.5. The van der Waals surface area contributed by atoms with Crippen molar-refractivity contribution in [2.24, 2.45) is 5.73 Å². The van der Waals surface area contributed by atoms with E-state index >= 15 is 0 Å². The largest absolute Gasteiger partial charge is 0.481 e. The maximum Gasteiger partial charge on any atom is 0.318 e. The summed E-state index contributed by atoms with van der Waals surface area (Å²) >= 11 is 3.26. The molecule has 0 aliphatic heterocycles. The zero-order valence-corrected chi connectivity index (χ0v) is 25.3. The number of carboxylic acids is 1. The van der Waals surface area contributed by atoms with Crippen molar-refractivity contribution in [1.82, 2.24) is 5.32 Å². The number of urea groups is 1. The van der Waals surface area contributed by atoms with Gasteiger partial charge in [-0.1, -0.05) is 152 Å². The van der Waals surface area contributed by atoms with E-state index < -0.39 is 16.3 Å². The van der Waals surface area contributed by atoms with Crippen LogP contribution >= 0.6 is 15.9 Å². The molecule has 0 unspecified atom stereocenters. The summed E-state index contributed by atoms with van der Waals surface area (Å²) in [4.78, 5) is 32.0. The van der Waals surface area contributed by atoms with Crippen molar-refractivity contribution in [2.75, 3.05) is 0 Å². The minimum atomic E-state index is -0.814. The molecule has 0 aromatic heterocycles. The van der Waals surface area contributed by atoms with E-state index in [0.717, 1.165) is 12.8 Å². The van der Waals surface area contributed by atoms with Gasteiger partial charge in [-0.2, -0.15) is 0 Å². The van der Waals surface area contributed by atoms with Crippen molar-refractivity contribution < 1.29 is 19.5 Å². The standard InChI is InChI=1S/C22H44O2.C7H13BrN2O2/c1-2-3-4-5-6-7-8-9-10-11-12-13-14-15-16-17-18-19-20-21-22(23)24;1-3-7(8,4-2)5(11)10-6(9)12/h2-21H2,1H3,(H,23,24);3-4H2,1-2H3,(H3,9,10,11,12). The molecule has 214 valence electrons. The van der Waals surface area contributed by atoms with Crippen LogP contribution < -0.4 is 11.1 Å². The van der Waals surface area contributed by atoms with Crippen molar-refractivity contribution in [1.29, 1.82) is 0 Å². The molecule has 0 aromatic rings. The Morgan fingerprint density at radius 3 is 1.19 bits per heavy atom. The molecule has 0 aromatic carbocycles. The number of alkyl halides is 1. The fraction of sp³-hybridized carbons (Fsp3) is 0.897. The lowest BCUT2D eigenvalue weighted by molar-refractivity contribution is -0.137. The number of aliphatic carboxylic acids is 1. The van der Waals surface area contributed by atoms with Crippen LogP contribution in [0.1, 0.15) is 162 Å². The number of imide groups is 1. The summed E-state index contributed by atoms with van der Waals surface area (Å²) < 4.78 is -0.665. The third-order valence-electron chi connectivity index (χ3n) is 6.76. The fourth-order valence-corrected chi connectivity index (χ4v) is 4.25. The number of unbranched alkanes of at least 4 members (excludes halogenated alkanes) is 18. The van der Waals surface area contributed by atoms with Gasteiger partial charge in [0, 0.05) is 6.42 Å². The summed E-state index contributed by atoms with van der Waals surface area (Å²) in [6.07, 6.45) is 27.3. The van der Waals surface area contributed by atoms with Crippen molar-refractivity contribution in [3.8, 4) is 0 Å². The third-order valence-corrected chi connectivity index (χ3v) is 8.24. The Bertz CT molecular complexity index is 539. The van der Waals surface area contributed by atoms with Crippen LogP contribution in [0, 0.1) is 0 Å². The van der Waals surface area contributed by atoms with E-state index in [1.165, 1.54) is 109 Å². The molecule has 0 aliphatic carbocycles. The van der Waals surface area contributed by atoms with Gasteiger partial charge in [0.25, 0.3) is 0 Å². The van der Waals surface area contributed by atoms with Gasteiger partial charge in [0.2, 0.25) is 5.91 Å². The number of nitrogens with two attached hydrogens (primary N) is 1. The quantitative estimate of drug-likeness (QED) is 0.0831. The molecular formula is C29H57BrN2O4. The summed E-state index contributed by atoms with van der Waals surface area (Å²) in [6, 6.07) is -0.814. The van der Waals surface area contributed by atoms with Crippen LogP contribution in [0.5, 0.6) is 0 Å². The Morgan fingerprint density at radius 1 is 0.639 bits per heavy atom. The highest BCUT2D eigenvalue weighted by atomic mass is 79.9. The van der Waals surface area contributed by atoms with Crippen molar-refractivity contribution >= 4 is 33.8 Å². The van der Waals surface area contributed by atoms with E-state index in [2.05, 4.69) is 22.9 Å². The van der Waals surface area contributed by atoms with Gasteiger partial charge in [0.05, 0.1) is 0 Å². The van der Waals surface area contributed by atoms with Crippen LogP contribution in [0.15, 0.2) is 0 Å². The van der Waals surface area contributed by atoms with Crippen molar-refractivity contribution in [3.63, 3.8) is 0 Å². The summed E-state index contributed by atoms with van der Waals surface area (Å²) in [5.74, 6) is -1.03. The number of carbonyl (C=O) groups excluding carboxylic acids is 2. The second-order valence-electron chi connectivity index (χ2n) is 10.00. The molecule has 36 heavy (non-hydrogen) atoms. The molecule has 6 nitrogen and oxygen atoms in total. The number of primary amides is 1. The smallest absolute Gasteiger partial charge is 0.318 e. The molecule has 4 N–H and O–H groups in total. The first-order valence-corrected chi connectivity index (χ1v) is 15.5. The first kappa shape index (κ1) is 37.0. The lowest BCUT2D eigenvalue weighted by Gasteiger charge is -2.21. The van der Waals surface area contributed by atoms with Crippen LogP contribution in [-0.4, -0.2) is 27.3 Å². The van der Waals surface area contributed by atoms with Crippen LogP contribution in [0.25, 0.3) is 0 Å². The molecule has 0 radical (unpaired) electrons. The molecule has 0 atom stereocenters. The van der Waals surface area contributed by atoms with E-state index in [4.69, 9.17) is 10.8 Å². The van der Waals surface area contributed by atoms with Crippen LogP contribution in [-0.2, 0) is 9.59 Å². The molecular weight excluding hydrogens is 520 g/mol. The van der Waals surface area contributed by atoms with E-state index in [9.17, 15) is 14.4 Å². The highest BCUT2D eigenvalue weighted by molar-refractivity contribution is 9.10. The number of carboxylic acid groups (broad SMARTS) is 1. The maximum absolute atomic E-state index is 11.3. The van der Waals surface area contributed by atoms with Crippen LogP contribution in [0.3, 0.4) is 0 Å². The zero-order chi connectivity index (χ0) is 27.5. The lowest BCUT2D eigenvalue weighted by atomic mass is 10.0. The first-order valence-electron chi connectivity index (χ1n) is 14.7. The molecule has 0 fully saturated rings. The molecule has 0 saturated heterocycles. The zero-order valence-electron chi connectivity index (χ0n) is 23.7. The van der Waals surface area contributed by atoms with Gasteiger partial charge in [0.1, 0.15) is 4.32 Å². The Labute approximate surface area is 230 Å². The van der Waals surface area contributed by atoms with E-state index in [1.54, 1.807) is 0 Å². The summed E-state index contributed by atoms with van der Waals surface area (Å²) in [6.45, 7) is 6.00. The SMILES string of the molecule is CCC(Br)(CC)C(=O)NC(N)=O.CCCCCCCCCCCCCCCCCCCCCC(=O)O. The maximum atomic E-state index is 11.3. The van der Waals surface area contributed by atoms with Gasteiger partial charge in [-0.25, -0.2) is 4.79 Å². The molecule has 0 heterocycles. The van der Waals surface area contributed by atoms with Gasteiger partial charge in [-0.3, -0.25) is 14.9 Å². The number of hydrogen-bond donors (Lipinski definition) is 3. The molecule has 0 spiro atoms.